The lowest BCUT2D eigenvalue weighted by atomic mass is 9.79. The van der Waals surface area contributed by atoms with E-state index < -0.39 is 42.8 Å². The second-order valence-corrected chi connectivity index (χ2v) is 21.6. The van der Waals surface area contributed by atoms with E-state index in [4.69, 9.17) is 28.2 Å². The first-order valence-electron chi connectivity index (χ1n) is 22.6. The average molecular weight is 975 g/mol. The van der Waals surface area contributed by atoms with E-state index in [1.807, 2.05) is 115 Å². The van der Waals surface area contributed by atoms with Gasteiger partial charge in [0.05, 0.1) is 27.4 Å². The van der Waals surface area contributed by atoms with Gasteiger partial charge in [0, 0.05) is 41.7 Å². The van der Waals surface area contributed by atoms with Crippen molar-refractivity contribution in [2.75, 3.05) is 57.3 Å². The lowest BCUT2D eigenvalue weighted by Crippen LogP contribution is -2.49. The van der Waals surface area contributed by atoms with Gasteiger partial charge in [0.1, 0.15) is 45.8 Å². The van der Waals surface area contributed by atoms with Crippen LogP contribution in [-0.4, -0.2) is 100 Å². The molecule has 13 nitrogen and oxygen atoms in total. The molecule has 3 aliphatic rings. The molecule has 9 rings (SSSR count). The van der Waals surface area contributed by atoms with Gasteiger partial charge in [0.2, 0.25) is 0 Å². The predicted molar refractivity (Wildman–Crippen MR) is 271 cm³/mol. The molecule has 16 heteroatoms. The highest BCUT2D eigenvalue weighted by molar-refractivity contribution is 8.53. The Bertz CT molecular complexity index is 2680. The third-order valence-corrected chi connectivity index (χ3v) is 17.8. The third-order valence-electron chi connectivity index (χ3n) is 12.5. The fraction of sp³-hybridized carbons (Fsp3) is 0.308. The number of methoxy groups -OCH3 is 2. The van der Waals surface area contributed by atoms with Crippen molar-refractivity contribution in [3.63, 3.8) is 0 Å². The Labute approximate surface area is 405 Å². The minimum Gasteiger partial charge on any atom is -0.497 e. The predicted octanol–water partition coefficient (Wildman–Crippen LogP) is 9.14. The Morgan fingerprint density at radius 3 is 2.03 bits per heavy atom. The van der Waals surface area contributed by atoms with Crippen LogP contribution in [-0.2, 0) is 24.3 Å². The Hall–Kier alpha value is -5.19. The molecule has 1 amide bonds. The summed E-state index contributed by atoms with van der Waals surface area (Å²) in [6.07, 6.45) is 1.41. The van der Waals surface area contributed by atoms with Gasteiger partial charge in [-0.05, 0) is 78.6 Å². The highest BCUT2D eigenvalue weighted by Gasteiger charge is 2.65. The summed E-state index contributed by atoms with van der Waals surface area (Å²) < 4.78 is 43.9. The summed E-state index contributed by atoms with van der Waals surface area (Å²) in [6.45, 7) is 3.69. The zero-order chi connectivity index (χ0) is 47.1. The molecule has 0 saturated carbocycles. The molecular weight excluding hydrogens is 920 g/mol. The molecule has 354 valence electrons. The number of carbonyl (C=O) groups is 1. The number of thiol groups is 1. The van der Waals surface area contributed by atoms with Crippen LogP contribution in [0.15, 0.2) is 151 Å². The van der Waals surface area contributed by atoms with Crippen molar-refractivity contribution in [2.24, 2.45) is 0 Å². The van der Waals surface area contributed by atoms with Gasteiger partial charge >= 0.3 is 5.69 Å². The van der Waals surface area contributed by atoms with Crippen molar-refractivity contribution in [1.29, 1.82) is 0 Å². The van der Waals surface area contributed by atoms with Crippen LogP contribution >= 0.6 is 30.2 Å². The molecule has 1 unspecified atom stereocenters. The van der Waals surface area contributed by atoms with E-state index in [1.54, 1.807) is 63.0 Å². The number of aliphatic hydroxyl groups is 1. The van der Waals surface area contributed by atoms with E-state index in [2.05, 4.69) is 15.0 Å². The van der Waals surface area contributed by atoms with Crippen molar-refractivity contribution in [2.45, 2.75) is 49.4 Å². The molecule has 2 N–H and O–H groups in total. The van der Waals surface area contributed by atoms with Crippen molar-refractivity contribution >= 4 is 47.0 Å². The van der Waals surface area contributed by atoms with Crippen molar-refractivity contribution in [1.82, 2.24) is 14.2 Å². The maximum absolute atomic E-state index is 14.2. The molecule has 6 aromatic rings. The van der Waals surface area contributed by atoms with E-state index >= 15 is 0 Å². The molecule has 3 aliphatic heterocycles. The number of carbonyl (C=O) groups excluding carboxylic acids is 1. The molecule has 68 heavy (non-hydrogen) atoms. The number of ether oxygens (including phenoxy) is 5. The van der Waals surface area contributed by atoms with Gasteiger partial charge < -0.3 is 38.6 Å². The van der Waals surface area contributed by atoms with Gasteiger partial charge in [-0.15, -0.1) is 0 Å². The van der Waals surface area contributed by atoms with Crippen LogP contribution in [0.1, 0.15) is 57.2 Å². The minimum atomic E-state index is -1.26. The molecule has 4 heterocycles. The number of aryl methyl sites for hydroxylation is 1. The van der Waals surface area contributed by atoms with Crippen LogP contribution < -0.4 is 20.5 Å². The average Bonchev–Trinajstić information content (AvgIpc) is 4.12. The summed E-state index contributed by atoms with van der Waals surface area (Å²) >= 11 is 2.57. The quantitative estimate of drug-likeness (QED) is 0.0234. The van der Waals surface area contributed by atoms with Gasteiger partial charge in [-0.1, -0.05) is 115 Å². The summed E-state index contributed by atoms with van der Waals surface area (Å²) in [7, 11) is 2.02. The molecule has 2 bridgehead atoms. The highest BCUT2D eigenvalue weighted by Crippen LogP contribution is 2.61. The van der Waals surface area contributed by atoms with E-state index in [-0.39, 0.29) is 24.9 Å². The number of nitrogens with zero attached hydrogens (tertiary/aromatic N) is 3. The van der Waals surface area contributed by atoms with Crippen molar-refractivity contribution in [3.8, 4) is 11.5 Å². The van der Waals surface area contributed by atoms with Gasteiger partial charge in [-0.25, -0.2) is 4.79 Å². The maximum Gasteiger partial charge on any atom is 0.351 e. The fourth-order valence-corrected chi connectivity index (χ4v) is 14.4. The van der Waals surface area contributed by atoms with Gasteiger partial charge in [-0.3, -0.25) is 14.0 Å². The number of anilines is 1. The number of fused-ring (bicyclic) bond motifs is 2. The fourth-order valence-electron chi connectivity index (χ4n) is 8.91. The first-order valence-corrected chi connectivity index (χ1v) is 26.5. The molecule has 0 radical (unpaired) electrons. The monoisotopic (exact) mass is 974 g/mol. The smallest absolute Gasteiger partial charge is 0.351 e. The second kappa shape index (κ2) is 21.6. The Morgan fingerprint density at radius 2 is 1.43 bits per heavy atom. The SMILES string of the molecule is COc1ccc(C(OC[C@@]23CO[C@@H]([C@H](n4cc(C)c(NC(=O)c5ccccc5)nc4=O)O2)[C@@H]3OP(SCC[SH]=C(O)c2ccccc2)N2CCCC2)(c2ccccc2)c2ccc(OC)cc2)cc1. The van der Waals surface area contributed by atoms with E-state index in [0.717, 1.165) is 71.0 Å². The van der Waals surface area contributed by atoms with Gasteiger partial charge in [0.25, 0.3) is 5.91 Å². The normalized spacial score (nSPS) is 21.0. The second-order valence-electron chi connectivity index (χ2n) is 16.8. The molecular formula is C52H55N4O9PS2. The number of hydrogen-bond donors (Lipinski definition) is 3. The number of hydrogen-bond acceptors (Lipinski definition) is 11. The molecule has 0 spiro atoms. The zero-order valence-corrected chi connectivity index (χ0v) is 40.7. The summed E-state index contributed by atoms with van der Waals surface area (Å²) in [4.78, 5) is 31.7. The van der Waals surface area contributed by atoms with Crippen LogP contribution in [0.25, 0.3) is 0 Å². The van der Waals surface area contributed by atoms with E-state index in [1.165, 1.54) is 4.57 Å². The first-order chi connectivity index (χ1) is 33.2. The molecule has 5 atom stereocenters. The molecule has 0 aliphatic carbocycles. The van der Waals surface area contributed by atoms with Crippen LogP contribution in [0, 0.1) is 6.92 Å². The lowest BCUT2D eigenvalue weighted by Gasteiger charge is -2.40. The van der Waals surface area contributed by atoms with Crippen LogP contribution in [0.4, 0.5) is 5.82 Å². The molecule has 1 aromatic heterocycles. The van der Waals surface area contributed by atoms with Crippen LogP contribution in [0.3, 0.4) is 0 Å². The highest BCUT2D eigenvalue weighted by atomic mass is 32.7. The van der Waals surface area contributed by atoms with Crippen LogP contribution in [0.5, 0.6) is 11.5 Å². The molecule has 3 saturated heterocycles. The largest absolute Gasteiger partial charge is 0.497 e. The van der Waals surface area contributed by atoms with Gasteiger partial charge in [-0.2, -0.15) is 16.3 Å². The number of aromatic nitrogens is 2. The third kappa shape index (κ3) is 10.1. The molecule has 3 fully saturated rings. The number of rotatable bonds is 19. The first kappa shape index (κ1) is 47.9. The Balaban J connectivity index is 1.09. The van der Waals surface area contributed by atoms with Crippen LogP contribution in [0.2, 0.25) is 0 Å². The maximum atomic E-state index is 14.2. The van der Waals surface area contributed by atoms with Gasteiger partial charge in [0.15, 0.2) is 13.7 Å². The number of nitrogens with one attached hydrogen (secondary N) is 1. The minimum absolute atomic E-state index is 0.00361. The summed E-state index contributed by atoms with van der Waals surface area (Å²) in [5.74, 6) is 2.64. The van der Waals surface area contributed by atoms with E-state index in [9.17, 15) is 14.7 Å². The summed E-state index contributed by atoms with van der Waals surface area (Å²) in [5.41, 5.74) is 1.39. The Kier molecular flexibility index (Phi) is 15.2. The zero-order valence-electron chi connectivity index (χ0n) is 38.1. The summed E-state index contributed by atoms with van der Waals surface area (Å²) in [6, 6.07) is 44.2. The van der Waals surface area contributed by atoms with Crippen molar-refractivity contribution < 1.29 is 38.1 Å². The molecule has 5 aromatic carbocycles. The standard InChI is InChI=1S/C52H55N4O9PS2/c1-36-33-56(50(59)54-46(36)53-47(57)37-15-7-4-8-16-37)48-44-45(65-66(55-29-13-14-30-55)68-32-31-67-49(58)38-17-9-5-10-18-38)51(64-48,34-62-44)35-63-52(39-19-11-6-12-20-39,40-21-25-42(60-2)26-22-40)41-23-27-43(61-3)28-24-41/h4-12,15-28,33,44-45,48,58,67H,13-14,29-32,34-35H2,1-3H3,(H,53,54,57,59)/t44-,45+,48-,51-,66?/m1/s1. The van der Waals surface area contributed by atoms with E-state index in [0.29, 0.717) is 27.7 Å². The lowest BCUT2D eigenvalue weighted by molar-refractivity contribution is -0.203. The van der Waals surface area contributed by atoms with Crippen molar-refractivity contribution in [3.05, 3.63) is 190 Å². The number of benzene rings is 5. The number of amides is 1. The summed E-state index contributed by atoms with van der Waals surface area (Å²) in [5, 5.41) is 14.0. The Morgan fingerprint density at radius 1 is 0.853 bits per heavy atom. The topological polar surface area (TPSA) is 143 Å². The number of aliphatic hydroxyl groups excluding tert-OH is 1.